The number of aromatic nitrogens is 1. The molecule has 1 N–H and O–H groups in total. The summed E-state index contributed by atoms with van der Waals surface area (Å²) in [5, 5.41) is 12.2. The maximum atomic E-state index is 12.2. The second-order valence-corrected chi connectivity index (χ2v) is 6.86. The lowest BCUT2D eigenvalue weighted by atomic mass is 9.98. The number of ether oxygens (including phenoxy) is 1. The van der Waals surface area contributed by atoms with E-state index < -0.39 is 5.60 Å². The normalized spacial score (nSPS) is 18.2. The summed E-state index contributed by atoms with van der Waals surface area (Å²) in [5.41, 5.74) is 0.116. The van der Waals surface area contributed by atoms with E-state index in [9.17, 15) is 4.79 Å². The molecule has 1 aromatic rings. The molecular weight excluding hydrogens is 292 g/mol. The fourth-order valence-corrected chi connectivity index (χ4v) is 2.57. The molecule has 6 heteroatoms. The van der Waals surface area contributed by atoms with Crippen molar-refractivity contribution in [3.63, 3.8) is 0 Å². The number of rotatable bonds is 3. The number of nitrogens with one attached hydrogen (secondary N) is 1. The van der Waals surface area contributed by atoms with E-state index in [4.69, 9.17) is 10.00 Å². The van der Waals surface area contributed by atoms with Crippen molar-refractivity contribution in [2.45, 2.75) is 39.2 Å². The molecule has 2 rings (SSSR count). The number of pyridine rings is 1. The number of amides is 1. The van der Waals surface area contributed by atoms with Crippen LogP contribution in [0.1, 0.15) is 39.2 Å². The minimum Gasteiger partial charge on any atom is -0.444 e. The minimum absolute atomic E-state index is 0.244. The molecule has 0 unspecified atom stereocenters. The van der Waals surface area contributed by atoms with Crippen molar-refractivity contribution >= 4 is 11.9 Å². The first-order valence-corrected chi connectivity index (χ1v) is 7.95. The first-order chi connectivity index (χ1) is 10.9. The van der Waals surface area contributed by atoms with Gasteiger partial charge in [0.05, 0.1) is 11.6 Å². The quantitative estimate of drug-likeness (QED) is 0.927. The number of hydrogen-bond donors (Lipinski definition) is 1. The zero-order valence-electron chi connectivity index (χ0n) is 14.0. The number of piperidine rings is 1. The summed E-state index contributed by atoms with van der Waals surface area (Å²) in [6, 6.07) is 5.51. The Labute approximate surface area is 137 Å². The molecule has 6 nitrogen and oxygen atoms in total. The zero-order chi connectivity index (χ0) is 16.9. The molecular formula is C17H24N4O2. The average molecular weight is 316 g/mol. The van der Waals surface area contributed by atoms with Gasteiger partial charge < -0.3 is 15.0 Å². The van der Waals surface area contributed by atoms with Crippen molar-refractivity contribution in [3.8, 4) is 6.07 Å². The Bertz CT molecular complexity index is 589. The van der Waals surface area contributed by atoms with Gasteiger partial charge in [0.1, 0.15) is 11.4 Å². The van der Waals surface area contributed by atoms with E-state index in [1.54, 1.807) is 23.2 Å². The summed E-state index contributed by atoms with van der Waals surface area (Å²) < 4.78 is 5.44. The highest BCUT2D eigenvalue weighted by atomic mass is 16.6. The van der Waals surface area contributed by atoms with Crippen LogP contribution in [0.3, 0.4) is 0 Å². The largest absolute Gasteiger partial charge is 0.444 e. The fourth-order valence-electron chi connectivity index (χ4n) is 2.57. The van der Waals surface area contributed by atoms with Gasteiger partial charge in [0.2, 0.25) is 0 Å². The summed E-state index contributed by atoms with van der Waals surface area (Å²) in [6.45, 7) is 7.78. The van der Waals surface area contributed by atoms with Gasteiger partial charge in [-0.15, -0.1) is 0 Å². The van der Waals surface area contributed by atoms with Gasteiger partial charge in [-0.3, -0.25) is 0 Å². The Hall–Kier alpha value is -2.29. The minimum atomic E-state index is -0.468. The third-order valence-corrected chi connectivity index (χ3v) is 3.63. The predicted molar refractivity (Wildman–Crippen MR) is 88.0 cm³/mol. The molecule has 1 amide bonds. The Morgan fingerprint density at radius 1 is 1.57 bits per heavy atom. The SMILES string of the molecule is CC(C)(C)OC(=O)N1CCC[C@@H](CNc2cc(C#N)ccn2)C1. The van der Waals surface area contributed by atoms with E-state index in [1.165, 1.54) is 0 Å². The van der Waals surface area contributed by atoms with Gasteiger partial charge in [0.15, 0.2) is 0 Å². The van der Waals surface area contributed by atoms with E-state index >= 15 is 0 Å². The van der Waals surface area contributed by atoms with Crippen LogP contribution >= 0.6 is 0 Å². The number of anilines is 1. The molecule has 0 bridgehead atoms. The highest BCUT2D eigenvalue weighted by molar-refractivity contribution is 5.68. The molecule has 1 saturated heterocycles. The maximum absolute atomic E-state index is 12.2. The van der Waals surface area contributed by atoms with Crippen LogP contribution in [0.25, 0.3) is 0 Å². The molecule has 23 heavy (non-hydrogen) atoms. The molecule has 1 aromatic heterocycles. The molecule has 1 aliphatic heterocycles. The topological polar surface area (TPSA) is 78.2 Å². The smallest absolute Gasteiger partial charge is 0.410 e. The van der Waals surface area contributed by atoms with Crippen molar-refractivity contribution in [2.75, 3.05) is 25.0 Å². The third-order valence-electron chi connectivity index (χ3n) is 3.63. The average Bonchev–Trinajstić information content (AvgIpc) is 2.52. The summed E-state index contributed by atoms with van der Waals surface area (Å²) in [4.78, 5) is 18.1. The zero-order valence-corrected chi connectivity index (χ0v) is 14.0. The first kappa shape index (κ1) is 17.1. The summed E-state index contributed by atoms with van der Waals surface area (Å²) >= 11 is 0. The molecule has 0 aliphatic carbocycles. The Balaban J connectivity index is 1.86. The van der Waals surface area contributed by atoms with E-state index in [0.29, 0.717) is 23.8 Å². The number of hydrogen-bond acceptors (Lipinski definition) is 5. The van der Waals surface area contributed by atoms with Crippen molar-refractivity contribution in [1.82, 2.24) is 9.88 Å². The van der Waals surface area contributed by atoms with Crippen LogP contribution in [0.5, 0.6) is 0 Å². The van der Waals surface area contributed by atoms with Crippen LogP contribution in [0.2, 0.25) is 0 Å². The second kappa shape index (κ2) is 7.32. The third kappa shape index (κ3) is 5.44. The highest BCUT2D eigenvalue weighted by Gasteiger charge is 2.27. The van der Waals surface area contributed by atoms with Crippen LogP contribution in [0.15, 0.2) is 18.3 Å². The molecule has 0 saturated carbocycles. The van der Waals surface area contributed by atoms with E-state index in [-0.39, 0.29) is 6.09 Å². The molecule has 0 aromatic carbocycles. The Morgan fingerprint density at radius 3 is 3.04 bits per heavy atom. The number of likely N-dealkylation sites (tertiary alicyclic amines) is 1. The van der Waals surface area contributed by atoms with Gasteiger partial charge in [-0.1, -0.05) is 0 Å². The van der Waals surface area contributed by atoms with E-state index in [1.807, 2.05) is 20.8 Å². The second-order valence-electron chi connectivity index (χ2n) is 6.86. The predicted octanol–water partition coefficient (Wildman–Crippen LogP) is 3.01. The lowest BCUT2D eigenvalue weighted by molar-refractivity contribution is 0.0172. The fraction of sp³-hybridized carbons (Fsp3) is 0.588. The number of carbonyl (C=O) groups excluding carboxylic acids is 1. The van der Waals surface area contributed by atoms with Gasteiger partial charge in [-0.05, 0) is 51.7 Å². The molecule has 0 radical (unpaired) electrons. The lowest BCUT2D eigenvalue weighted by Gasteiger charge is -2.34. The van der Waals surface area contributed by atoms with Crippen molar-refractivity contribution in [3.05, 3.63) is 23.9 Å². The van der Waals surface area contributed by atoms with Gasteiger partial charge in [0.25, 0.3) is 0 Å². The maximum Gasteiger partial charge on any atom is 0.410 e. The standard InChI is InChI=1S/C17H24N4O2/c1-17(2,3)23-16(22)21-8-4-5-14(12-21)11-20-15-9-13(10-18)6-7-19-15/h6-7,9,14H,4-5,8,11-12H2,1-3H3,(H,19,20)/t14-/m0/s1. The number of nitriles is 1. The van der Waals surface area contributed by atoms with Crippen molar-refractivity contribution in [2.24, 2.45) is 5.92 Å². The van der Waals surface area contributed by atoms with Crippen molar-refractivity contribution < 1.29 is 9.53 Å². The Kier molecular flexibility index (Phi) is 5.43. The lowest BCUT2D eigenvalue weighted by Crippen LogP contribution is -2.44. The van der Waals surface area contributed by atoms with Gasteiger partial charge in [-0.2, -0.15) is 5.26 Å². The van der Waals surface area contributed by atoms with E-state index in [2.05, 4.69) is 16.4 Å². The molecule has 0 spiro atoms. The van der Waals surface area contributed by atoms with Gasteiger partial charge in [0, 0.05) is 25.8 Å². The monoisotopic (exact) mass is 316 g/mol. The van der Waals surface area contributed by atoms with Crippen LogP contribution in [0, 0.1) is 17.2 Å². The molecule has 1 atom stereocenters. The molecule has 124 valence electrons. The van der Waals surface area contributed by atoms with Crippen LogP contribution in [-0.4, -0.2) is 41.2 Å². The number of carbonyl (C=O) groups is 1. The number of nitrogens with zero attached hydrogens (tertiary/aromatic N) is 3. The van der Waals surface area contributed by atoms with E-state index in [0.717, 1.165) is 25.9 Å². The van der Waals surface area contributed by atoms with Crippen LogP contribution < -0.4 is 5.32 Å². The van der Waals surface area contributed by atoms with Crippen molar-refractivity contribution in [1.29, 1.82) is 5.26 Å². The van der Waals surface area contributed by atoms with Gasteiger partial charge >= 0.3 is 6.09 Å². The van der Waals surface area contributed by atoms with Crippen LogP contribution in [0.4, 0.5) is 10.6 Å². The molecule has 1 aliphatic rings. The van der Waals surface area contributed by atoms with Crippen LogP contribution in [-0.2, 0) is 4.74 Å². The highest BCUT2D eigenvalue weighted by Crippen LogP contribution is 2.20. The summed E-state index contributed by atoms with van der Waals surface area (Å²) in [6.07, 6.45) is 3.41. The first-order valence-electron chi connectivity index (χ1n) is 7.95. The molecule has 2 heterocycles. The molecule has 1 fully saturated rings. The summed E-state index contributed by atoms with van der Waals surface area (Å²) in [5.74, 6) is 1.04. The van der Waals surface area contributed by atoms with Gasteiger partial charge in [-0.25, -0.2) is 9.78 Å². The summed E-state index contributed by atoms with van der Waals surface area (Å²) in [7, 11) is 0. The Morgan fingerprint density at radius 2 is 2.35 bits per heavy atom.